The smallest absolute Gasteiger partial charge is 0.332 e. The van der Waals surface area contributed by atoms with Gasteiger partial charge in [0.25, 0.3) is 11.5 Å². The SMILES string of the molecule is Cn1c(=O)c2ccc(C(=O)NCC3CC4c5ccccc5C3c3ccccc34)nc2n(C)c1=O. The minimum Gasteiger partial charge on any atom is -0.350 e. The van der Waals surface area contributed by atoms with Crippen molar-refractivity contribution in [3.05, 3.63) is 109 Å². The van der Waals surface area contributed by atoms with Crippen LogP contribution in [0.4, 0.5) is 0 Å². The van der Waals surface area contributed by atoms with Gasteiger partial charge < -0.3 is 5.32 Å². The number of fused-ring (bicyclic) bond motifs is 2. The molecule has 7 nitrogen and oxygen atoms in total. The van der Waals surface area contributed by atoms with Crippen molar-refractivity contribution >= 4 is 16.9 Å². The lowest BCUT2D eigenvalue weighted by molar-refractivity contribution is 0.0938. The standard InChI is InChI=1S/C27H24N4O3/c1-30-24-20(26(33)31(2)27(30)34)11-12-22(29-24)25(32)28-14-15-13-21-16-7-3-5-9-18(16)23(15)19-10-6-4-8-17(19)21/h3-12,15,21,23H,13-14H2,1-2H3,(H,28,32). The second-order valence-corrected chi connectivity index (χ2v) is 9.27. The Morgan fingerprint density at radius 2 is 1.53 bits per heavy atom. The second kappa shape index (κ2) is 7.52. The van der Waals surface area contributed by atoms with Crippen LogP contribution in [-0.4, -0.2) is 26.6 Å². The van der Waals surface area contributed by atoms with Crippen LogP contribution >= 0.6 is 0 Å². The number of hydrogen-bond donors (Lipinski definition) is 1. The van der Waals surface area contributed by atoms with Crippen LogP contribution < -0.4 is 16.6 Å². The Morgan fingerprint density at radius 1 is 0.912 bits per heavy atom. The molecule has 2 bridgehead atoms. The van der Waals surface area contributed by atoms with Crippen LogP contribution in [0.2, 0.25) is 0 Å². The molecule has 2 aromatic heterocycles. The number of aryl methyl sites for hydroxylation is 1. The highest BCUT2D eigenvalue weighted by molar-refractivity contribution is 5.94. The first kappa shape index (κ1) is 20.6. The summed E-state index contributed by atoms with van der Waals surface area (Å²) < 4.78 is 2.33. The van der Waals surface area contributed by atoms with E-state index in [0.717, 1.165) is 11.0 Å². The van der Waals surface area contributed by atoms with E-state index in [1.807, 2.05) is 0 Å². The summed E-state index contributed by atoms with van der Waals surface area (Å²) in [6, 6.07) is 20.4. The molecule has 7 heteroatoms. The Labute approximate surface area is 195 Å². The fourth-order valence-corrected chi connectivity index (χ4v) is 5.85. The van der Waals surface area contributed by atoms with E-state index in [2.05, 4.69) is 58.8 Å². The Hall–Kier alpha value is -4.00. The Balaban J connectivity index is 1.30. The predicted octanol–water partition coefficient (Wildman–Crippen LogP) is 2.66. The molecule has 2 aromatic carbocycles. The summed E-state index contributed by atoms with van der Waals surface area (Å²) in [5.74, 6) is 0.545. The van der Waals surface area contributed by atoms with Crippen LogP contribution in [0.5, 0.6) is 0 Å². The lowest BCUT2D eigenvalue weighted by atomic mass is 9.59. The number of nitrogens with one attached hydrogen (secondary N) is 1. The van der Waals surface area contributed by atoms with E-state index < -0.39 is 11.2 Å². The average Bonchev–Trinajstić information content (AvgIpc) is 2.89. The highest BCUT2D eigenvalue weighted by atomic mass is 16.2. The molecule has 2 heterocycles. The van der Waals surface area contributed by atoms with Gasteiger partial charge in [0, 0.05) is 32.5 Å². The van der Waals surface area contributed by atoms with Gasteiger partial charge in [0.15, 0.2) is 0 Å². The first-order chi connectivity index (χ1) is 16.5. The normalized spacial score (nSPS) is 20.1. The van der Waals surface area contributed by atoms with Crippen LogP contribution in [0, 0.1) is 5.92 Å². The van der Waals surface area contributed by atoms with Gasteiger partial charge in [-0.15, -0.1) is 0 Å². The number of hydrogen-bond acceptors (Lipinski definition) is 4. The van der Waals surface area contributed by atoms with Crippen molar-refractivity contribution in [1.29, 1.82) is 0 Å². The third-order valence-electron chi connectivity index (χ3n) is 7.48. The van der Waals surface area contributed by atoms with Crippen molar-refractivity contribution < 1.29 is 4.79 Å². The summed E-state index contributed by atoms with van der Waals surface area (Å²) >= 11 is 0. The second-order valence-electron chi connectivity index (χ2n) is 9.27. The summed E-state index contributed by atoms with van der Waals surface area (Å²) in [7, 11) is 2.98. The van der Waals surface area contributed by atoms with Crippen molar-refractivity contribution in [2.45, 2.75) is 18.3 Å². The molecule has 3 aliphatic carbocycles. The summed E-state index contributed by atoms with van der Waals surface area (Å²) in [6.07, 6.45) is 0.981. The predicted molar refractivity (Wildman–Crippen MR) is 129 cm³/mol. The van der Waals surface area contributed by atoms with Crippen molar-refractivity contribution in [3.63, 3.8) is 0 Å². The van der Waals surface area contributed by atoms with Crippen molar-refractivity contribution in [2.75, 3.05) is 6.54 Å². The van der Waals surface area contributed by atoms with Crippen molar-refractivity contribution in [1.82, 2.24) is 19.4 Å². The molecule has 4 aromatic rings. The number of pyridine rings is 1. The summed E-state index contributed by atoms with van der Waals surface area (Å²) in [6.45, 7) is 0.526. The largest absolute Gasteiger partial charge is 0.350 e. The highest BCUT2D eigenvalue weighted by Gasteiger charge is 2.42. The lowest BCUT2D eigenvalue weighted by Crippen LogP contribution is -2.40. The molecule has 0 saturated carbocycles. The van der Waals surface area contributed by atoms with E-state index in [0.29, 0.717) is 17.8 Å². The number of carbonyl (C=O) groups excluding carboxylic acids is 1. The van der Waals surface area contributed by atoms with Gasteiger partial charge in [0.2, 0.25) is 0 Å². The first-order valence-electron chi connectivity index (χ1n) is 11.5. The van der Waals surface area contributed by atoms with Gasteiger partial charge in [-0.1, -0.05) is 48.5 Å². The van der Waals surface area contributed by atoms with E-state index in [1.54, 1.807) is 19.2 Å². The van der Waals surface area contributed by atoms with Crippen LogP contribution in [-0.2, 0) is 14.1 Å². The van der Waals surface area contributed by atoms with E-state index in [9.17, 15) is 14.4 Å². The number of aromatic nitrogens is 3. The van der Waals surface area contributed by atoms with E-state index >= 15 is 0 Å². The molecule has 0 aliphatic heterocycles. The fraction of sp³-hybridized carbons (Fsp3) is 0.259. The Kier molecular flexibility index (Phi) is 4.55. The van der Waals surface area contributed by atoms with Crippen molar-refractivity contribution in [3.8, 4) is 0 Å². The fourth-order valence-electron chi connectivity index (χ4n) is 5.85. The zero-order chi connectivity index (χ0) is 23.6. The lowest BCUT2D eigenvalue weighted by Gasteiger charge is -2.45. The molecule has 0 saturated heterocycles. The molecule has 1 atom stereocenters. The number of rotatable bonds is 3. The van der Waals surface area contributed by atoms with Gasteiger partial charge in [-0.05, 0) is 46.7 Å². The third-order valence-corrected chi connectivity index (χ3v) is 7.48. The molecule has 0 radical (unpaired) electrons. The van der Waals surface area contributed by atoms with Crippen LogP contribution in [0.15, 0.2) is 70.3 Å². The average molecular weight is 453 g/mol. The molecule has 1 unspecified atom stereocenters. The van der Waals surface area contributed by atoms with Gasteiger partial charge in [0.05, 0.1) is 5.39 Å². The molecule has 1 amide bonds. The topological polar surface area (TPSA) is 86.0 Å². The van der Waals surface area contributed by atoms with Crippen LogP contribution in [0.25, 0.3) is 11.0 Å². The monoisotopic (exact) mass is 452 g/mol. The number of amides is 1. The number of benzene rings is 2. The molecular weight excluding hydrogens is 428 g/mol. The van der Waals surface area contributed by atoms with Crippen LogP contribution in [0.1, 0.15) is 51.0 Å². The molecule has 3 aliphatic rings. The summed E-state index contributed by atoms with van der Waals surface area (Å²) in [5, 5.41) is 3.37. The molecule has 7 rings (SSSR count). The highest BCUT2D eigenvalue weighted by Crippen LogP contribution is 2.55. The molecular formula is C27H24N4O3. The van der Waals surface area contributed by atoms with Crippen LogP contribution in [0.3, 0.4) is 0 Å². The number of nitrogens with zero attached hydrogens (tertiary/aromatic N) is 3. The summed E-state index contributed by atoms with van der Waals surface area (Å²) in [5.41, 5.74) is 5.00. The summed E-state index contributed by atoms with van der Waals surface area (Å²) in [4.78, 5) is 42.1. The minimum atomic E-state index is -0.474. The zero-order valence-corrected chi connectivity index (χ0v) is 19.0. The maximum absolute atomic E-state index is 13.0. The quantitative estimate of drug-likeness (QED) is 0.518. The van der Waals surface area contributed by atoms with E-state index in [1.165, 1.54) is 33.9 Å². The molecule has 170 valence electrons. The van der Waals surface area contributed by atoms with E-state index in [-0.39, 0.29) is 29.1 Å². The minimum absolute atomic E-state index is 0.192. The van der Waals surface area contributed by atoms with Gasteiger partial charge in [-0.3, -0.25) is 18.7 Å². The third kappa shape index (κ3) is 2.89. The van der Waals surface area contributed by atoms with Gasteiger partial charge in [-0.25, -0.2) is 9.78 Å². The van der Waals surface area contributed by atoms with Crippen molar-refractivity contribution in [2.24, 2.45) is 20.0 Å². The van der Waals surface area contributed by atoms with Gasteiger partial charge in [0.1, 0.15) is 11.3 Å². The maximum Gasteiger partial charge on any atom is 0.332 e. The molecule has 0 fully saturated rings. The maximum atomic E-state index is 13.0. The van der Waals surface area contributed by atoms with Gasteiger partial charge >= 0.3 is 5.69 Å². The molecule has 0 spiro atoms. The zero-order valence-electron chi connectivity index (χ0n) is 19.0. The Bertz CT molecular complexity index is 1550. The Morgan fingerprint density at radius 3 is 2.18 bits per heavy atom. The van der Waals surface area contributed by atoms with E-state index in [4.69, 9.17) is 0 Å². The molecule has 1 N–H and O–H groups in total. The molecule has 34 heavy (non-hydrogen) atoms. The number of carbonyl (C=O) groups is 1. The first-order valence-corrected chi connectivity index (χ1v) is 11.5. The van der Waals surface area contributed by atoms with Gasteiger partial charge in [-0.2, -0.15) is 0 Å².